The van der Waals surface area contributed by atoms with Crippen LogP contribution in [0.2, 0.25) is 0 Å². The maximum atomic E-state index is 13.4. The third kappa shape index (κ3) is 10.4. The molecule has 3 nitrogen and oxygen atoms in total. The lowest BCUT2D eigenvalue weighted by molar-refractivity contribution is -0.116. The normalized spacial score (nSPS) is 12.4. The number of unbranched alkanes of at least 4 members (excludes halogenated alkanes) is 10. The molecule has 0 saturated heterocycles. The van der Waals surface area contributed by atoms with Gasteiger partial charge in [0.2, 0.25) is 5.24 Å². The van der Waals surface area contributed by atoms with Crippen LogP contribution in [0, 0.1) is 5.92 Å². The number of ether oxygens (including phenoxy) is 2. The van der Waals surface area contributed by atoms with Crippen molar-refractivity contribution in [3.63, 3.8) is 0 Å². The smallest absolute Gasteiger partial charge is 0.226 e. The Morgan fingerprint density at radius 3 is 1.52 bits per heavy atom. The summed E-state index contributed by atoms with van der Waals surface area (Å²) in [6.07, 6.45) is 19.6. The first-order chi connectivity index (χ1) is 21.6. The second-order valence-electron chi connectivity index (χ2n) is 11.5. The van der Waals surface area contributed by atoms with E-state index in [4.69, 9.17) is 32.7 Å². The third-order valence-corrected chi connectivity index (χ3v) is 9.18. The van der Waals surface area contributed by atoms with Crippen LogP contribution >= 0.6 is 23.2 Å². The molecule has 0 saturated carbocycles. The Morgan fingerprint density at radius 1 is 0.636 bits per heavy atom. The average molecular weight is 638 g/mol. The van der Waals surface area contributed by atoms with Crippen LogP contribution in [0.4, 0.5) is 0 Å². The fourth-order valence-electron chi connectivity index (χ4n) is 6.28. The molecule has 5 heteroatoms. The van der Waals surface area contributed by atoms with E-state index in [2.05, 4.69) is 48.6 Å². The van der Waals surface area contributed by atoms with Gasteiger partial charge in [-0.25, -0.2) is 0 Å². The Morgan fingerprint density at radius 2 is 1.07 bits per heavy atom. The first kappa shape index (κ1) is 35.7. The minimum Gasteiger partial charge on any atom is -0.497 e. The molecule has 3 rings (SSSR count). The minimum atomic E-state index is -0.772. The number of methoxy groups -OCH3 is 2. The van der Waals surface area contributed by atoms with Gasteiger partial charge in [0, 0.05) is 5.88 Å². The van der Waals surface area contributed by atoms with Gasteiger partial charge in [0.05, 0.1) is 25.6 Å². The molecule has 238 valence electrons. The highest BCUT2D eigenvalue weighted by molar-refractivity contribution is 6.64. The summed E-state index contributed by atoms with van der Waals surface area (Å²) >= 11 is 12.3. The van der Waals surface area contributed by atoms with Gasteiger partial charge in [0.15, 0.2) is 0 Å². The average Bonchev–Trinajstić information content (AvgIpc) is 3.06. The second-order valence-corrected chi connectivity index (χ2v) is 12.3. The molecular weight excluding hydrogens is 587 g/mol. The van der Waals surface area contributed by atoms with E-state index in [9.17, 15) is 4.79 Å². The van der Waals surface area contributed by atoms with Crippen molar-refractivity contribution in [1.29, 1.82) is 0 Å². The molecule has 0 aliphatic rings. The Hall–Kier alpha value is -2.75. The first-order valence-corrected chi connectivity index (χ1v) is 17.2. The molecule has 3 aromatic rings. The number of rotatable bonds is 22. The van der Waals surface area contributed by atoms with Gasteiger partial charge < -0.3 is 9.47 Å². The molecule has 44 heavy (non-hydrogen) atoms. The number of alkyl halides is 1. The number of allylic oxidation sites excluding steroid dienone is 2. The van der Waals surface area contributed by atoms with Gasteiger partial charge in [-0.2, -0.15) is 0 Å². The molecule has 1 unspecified atom stereocenters. The fourth-order valence-corrected chi connectivity index (χ4v) is 6.74. The Labute approximate surface area is 276 Å². The Bertz CT molecular complexity index is 1170. The van der Waals surface area contributed by atoms with Crippen molar-refractivity contribution in [2.75, 3.05) is 20.1 Å². The lowest BCUT2D eigenvalue weighted by Gasteiger charge is -2.41. The maximum Gasteiger partial charge on any atom is 0.226 e. The summed E-state index contributed by atoms with van der Waals surface area (Å²) in [7, 11) is 3.33. The molecule has 3 aromatic carbocycles. The van der Waals surface area contributed by atoms with Crippen molar-refractivity contribution in [3.05, 3.63) is 108 Å². The summed E-state index contributed by atoms with van der Waals surface area (Å²) in [4.78, 5) is 13.4. The number of benzene rings is 3. The van der Waals surface area contributed by atoms with E-state index in [-0.39, 0.29) is 5.24 Å². The van der Waals surface area contributed by atoms with Crippen LogP contribution in [-0.2, 0) is 10.2 Å². The van der Waals surface area contributed by atoms with Crippen LogP contribution in [0.3, 0.4) is 0 Å². The van der Waals surface area contributed by atoms with Crippen LogP contribution in [0.1, 0.15) is 100 Å². The van der Waals surface area contributed by atoms with Crippen LogP contribution in [-0.4, -0.2) is 25.3 Å². The van der Waals surface area contributed by atoms with E-state index in [0.29, 0.717) is 6.42 Å². The van der Waals surface area contributed by atoms with Crippen LogP contribution in [0.5, 0.6) is 11.5 Å². The molecule has 0 amide bonds. The molecular formula is C39H50Cl2O3. The van der Waals surface area contributed by atoms with Crippen molar-refractivity contribution < 1.29 is 14.3 Å². The van der Waals surface area contributed by atoms with Gasteiger partial charge in [-0.05, 0) is 91.1 Å². The third-order valence-electron chi connectivity index (χ3n) is 8.65. The maximum absolute atomic E-state index is 13.4. The zero-order valence-electron chi connectivity index (χ0n) is 26.6. The molecule has 0 aliphatic heterocycles. The van der Waals surface area contributed by atoms with Gasteiger partial charge in [0.25, 0.3) is 0 Å². The first-order valence-electron chi connectivity index (χ1n) is 16.3. The highest BCUT2D eigenvalue weighted by atomic mass is 35.5. The lowest BCUT2D eigenvalue weighted by Crippen LogP contribution is -2.41. The summed E-state index contributed by atoms with van der Waals surface area (Å²) in [5.41, 5.74) is 2.28. The topological polar surface area (TPSA) is 35.5 Å². The van der Waals surface area contributed by atoms with E-state index < -0.39 is 11.3 Å². The summed E-state index contributed by atoms with van der Waals surface area (Å²) in [5, 5.41) is -0.317. The molecule has 1 atom stereocenters. The Balaban J connectivity index is 1.70. The lowest BCUT2D eigenvalue weighted by atomic mass is 9.61. The van der Waals surface area contributed by atoms with Crippen molar-refractivity contribution in [2.45, 2.75) is 88.9 Å². The summed E-state index contributed by atoms with van der Waals surface area (Å²) in [6.45, 7) is 0. The molecule has 0 aliphatic carbocycles. The summed E-state index contributed by atoms with van der Waals surface area (Å²) in [5.74, 6) is 1.87. The van der Waals surface area contributed by atoms with E-state index in [1.54, 1.807) is 14.2 Å². The van der Waals surface area contributed by atoms with Crippen molar-refractivity contribution in [2.24, 2.45) is 5.92 Å². The van der Waals surface area contributed by atoms with Gasteiger partial charge in [-0.3, -0.25) is 4.79 Å². The van der Waals surface area contributed by atoms with Crippen LogP contribution in [0.15, 0.2) is 91.0 Å². The van der Waals surface area contributed by atoms with Crippen LogP contribution < -0.4 is 9.47 Å². The SMILES string of the molecule is COc1ccc(C(c2ccccc2)(c2ccc(OC)cc2)C(CCCCCC/C=C\CCCCCCCCCl)C(=O)Cl)cc1. The molecule has 0 heterocycles. The minimum absolute atomic E-state index is 0.317. The quantitative estimate of drug-likeness (QED) is 0.0362. The van der Waals surface area contributed by atoms with Crippen LogP contribution in [0.25, 0.3) is 0 Å². The van der Waals surface area contributed by atoms with Gasteiger partial charge in [-0.1, -0.05) is 112 Å². The second kappa shape index (κ2) is 20.3. The predicted octanol–water partition coefficient (Wildman–Crippen LogP) is 11.3. The Kier molecular flexibility index (Phi) is 16.5. The molecule has 0 radical (unpaired) electrons. The molecule has 0 spiro atoms. The van der Waals surface area contributed by atoms with Crippen molar-refractivity contribution >= 4 is 28.4 Å². The predicted molar refractivity (Wildman–Crippen MR) is 187 cm³/mol. The zero-order chi connectivity index (χ0) is 31.5. The zero-order valence-corrected chi connectivity index (χ0v) is 28.1. The van der Waals surface area contributed by atoms with Gasteiger partial charge >= 0.3 is 0 Å². The summed E-state index contributed by atoms with van der Waals surface area (Å²) in [6, 6.07) is 26.4. The molecule has 0 aromatic heterocycles. The molecule has 0 fully saturated rings. The van der Waals surface area contributed by atoms with Crippen molar-refractivity contribution in [3.8, 4) is 11.5 Å². The fraction of sp³-hybridized carbons (Fsp3) is 0.462. The highest BCUT2D eigenvalue weighted by Crippen LogP contribution is 2.48. The number of carbonyl (C=O) groups excluding carboxylic acids is 1. The van der Waals surface area contributed by atoms with E-state index >= 15 is 0 Å². The number of halogens is 2. The van der Waals surface area contributed by atoms with E-state index in [1.807, 2.05) is 42.5 Å². The van der Waals surface area contributed by atoms with E-state index in [1.165, 1.54) is 38.5 Å². The monoisotopic (exact) mass is 636 g/mol. The number of carbonyl (C=O) groups is 1. The largest absolute Gasteiger partial charge is 0.497 e. The van der Waals surface area contributed by atoms with Gasteiger partial charge in [0.1, 0.15) is 11.5 Å². The van der Waals surface area contributed by atoms with E-state index in [0.717, 1.165) is 72.6 Å². The standard InChI is InChI=1S/C39H50Cl2O3/c1-43-35-27-23-33(24-28-35)39(32-20-16-15-17-21-32,34-25-29-36(44-2)30-26-34)37(38(41)42)22-18-13-11-9-7-5-3-4-6-8-10-12-14-19-31-40/h3,5,15-17,20-21,23-30,37H,4,6-14,18-19,22,31H2,1-2H3/b5-3-. The molecule has 0 bridgehead atoms. The number of hydrogen-bond acceptors (Lipinski definition) is 3. The highest BCUT2D eigenvalue weighted by Gasteiger charge is 2.46. The molecule has 0 N–H and O–H groups in total. The number of hydrogen-bond donors (Lipinski definition) is 0. The summed E-state index contributed by atoms with van der Waals surface area (Å²) < 4.78 is 10.9. The van der Waals surface area contributed by atoms with Crippen molar-refractivity contribution in [1.82, 2.24) is 0 Å². The van der Waals surface area contributed by atoms with Gasteiger partial charge in [-0.15, -0.1) is 11.6 Å².